The first-order valence-electron chi connectivity index (χ1n) is 9.00. The van der Waals surface area contributed by atoms with Gasteiger partial charge in [-0.3, -0.25) is 4.99 Å². The van der Waals surface area contributed by atoms with E-state index in [9.17, 15) is 5.11 Å². The molecule has 1 saturated carbocycles. The molecule has 0 spiro atoms. The SMILES string of the molecule is C=N/C=C(\C=C/C)CCCOc1ccc([C@@H]2CC[C@](N)(CO)C2)cc1. The van der Waals surface area contributed by atoms with Crippen molar-refractivity contribution in [3.05, 3.63) is 53.8 Å². The molecule has 1 aliphatic rings. The molecule has 0 aromatic heterocycles. The van der Waals surface area contributed by atoms with Crippen LogP contribution in [-0.2, 0) is 0 Å². The van der Waals surface area contributed by atoms with Gasteiger partial charge in [0.05, 0.1) is 13.2 Å². The van der Waals surface area contributed by atoms with E-state index in [1.165, 1.54) is 5.56 Å². The number of hydrogen-bond donors (Lipinski definition) is 2. The molecule has 1 aromatic rings. The number of nitrogens with zero attached hydrogens (tertiary/aromatic N) is 1. The van der Waals surface area contributed by atoms with Gasteiger partial charge in [0.1, 0.15) is 5.75 Å². The largest absolute Gasteiger partial charge is 0.494 e. The van der Waals surface area contributed by atoms with Crippen LogP contribution in [0.5, 0.6) is 5.75 Å². The van der Waals surface area contributed by atoms with Crippen LogP contribution < -0.4 is 10.5 Å². The summed E-state index contributed by atoms with van der Waals surface area (Å²) in [4.78, 5) is 3.83. The molecule has 0 unspecified atom stereocenters. The van der Waals surface area contributed by atoms with Crippen molar-refractivity contribution in [3.8, 4) is 5.75 Å². The van der Waals surface area contributed by atoms with Gasteiger partial charge in [-0.15, -0.1) is 0 Å². The Hall–Kier alpha value is -1.91. The summed E-state index contributed by atoms with van der Waals surface area (Å²) in [7, 11) is 0. The Morgan fingerprint density at radius 2 is 2.20 bits per heavy atom. The first-order valence-corrected chi connectivity index (χ1v) is 9.00. The molecule has 2 atom stereocenters. The van der Waals surface area contributed by atoms with Gasteiger partial charge < -0.3 is 15.6 Å². The van der Waals surface area contributed by atoms with Crippen LogP contribution in [0.2, 0.25) is 0 Å². The Kier molecular flexibility index (Phi) is 7.41. The lowest BCUT2D eigenvalue weighted by Gasteiger charge is -2.21. The second kappa shape index (κ2) is 9.54. The van der Waals surface area contributed by atoms with E-state index >= 15 is 0 Å². The van der Waals surface area contributed by atoms with Gasteiger partial charge in [0.25, 0.3) is 0 Å². The van der Waals surface area contributed by atoms with Crippen LogP contribution in [0, 0.1) is 0 Å². The van der Waals surface area contributed by atoms with Crippen molar-refractivity contribution in [2.75, 3.05) is 13.2 Å². The number of allylic oxidation sites excluding steroid dienone is 3. The fraction of sp³-hybridized carbons (Fsp3) is 0.476. The Morgan fingerprint density at radius 3 is 2.80 bits per heavy atom. The zero-order chi connectivity index (χ0) is 18.1. The van der Waals surface area contributed by atoms with Crippen LogP contribution in [0.25, 0.3) is 0 Å². The van der Waals surface area contributed by atoms with Crippen LogP contribution in [0.4, 0.5) is 0 Å². The summed E-state index contributed by atoms with van der Waals surface area (Å²) >= 11 is 0. The van der Waals surface area contributed by atoms with Gasteiger partial charge >= 0.3 is 0 Å². The van der Waals surface area contributed by atoms with Crippen molar-refractivity contribution in [1.29, 1.82) is 0 Å². The van der Waals surface area contributed by atoms with Crippen molar-refractivity contribution >= 4 is 6.72 Å². The van der Waals surface area contributed by atoms with Crippen molar-refractivity contribution in [2.45, 2.75) is 50.5 Å². The van der Waals surface area contributed by atoms with Crippen LogP contribution in [-0.4, -0.2) is 30.6 Å². The number of aliphatic hydroxyl groups is 1. The zero-order valence-electron chi connectivity index (χ0n) is 15.2. The van der Waals surface area contributed by atoms with Crippen molar-refractivity contribution < 1.29 is 9.84 Å². The summed E-state index contributed by atoms with van der Waals surface area (Å²) in [5.41, 5.74) is 8.21. The Labute approximate surface area is 151 Å². The molecular weight excluding hydrogens is 312 g/mol. The summed E-state index contributed by atoms with van der Waals surface area (Å²) < 4.78 is 5.83. The molecule has 2 rings (SSSR count). The average molecular weight is 342 g/mol. The molecule has 0 aliphatic heterocycles. The molecular formula is C21H30N2O2. The lowest BCUT2D eigenvalue weighted by molar-refractivity contribution is 0.198. The maximum atomic E-state index is 9.40. The Balaban J connectivity index is 1.79. The van der Waals surface area contributed by atoms with E-state index in [1.54, 1.807) is 6.20 Å². The van der Waals surface area contributed by atoms with Gasteiger partial charge in [0, 0.05) is 11.7 Å². The molecule has 0 saturated heterocycles. The highest BCUT2D eigenvalue weighted by Crippen LogP contribution is 2.39. The van der Waals surface area contributed by atoms with E-state index in [-0.39, 0.29) is 6.61 Å². The minimum absolute atomic E-state index is 0.0652. The molecule has 0 bridgehead atoms. The number of rotatable bonds is 9. The van der Waals surface area contributed by atoms with E-state index in [0.29, 0.717) is 12.5 Å². The standard InChI is InChI=1S/C21H30N2O2/c1-3-5-17(15-23-2)6-4-13-25-20-9-7-18(8-10-20)19-11-12-21(22,14-19)16-24/h3,5,7-10,15,19,24H,2,4,6,11-14,16,22H2,1H3/b5-3-,17-15+/t19-,21-/m1/s1. The first kappa shape index (κ1) is 19.4. The summed E-state index contributed by atoms with van der Waals surface area (Å²) in [5, 5.41) is 9.40. The van der Waals surface area contributed by atoms with Crippen LogP contribution >= 0.6 is 0 Å². The lowest BCUT2D eigenvalue weighted by atomic mass is 9.94. The highest BCUT2D eigenvalue weighted by Gasteiger charge is 2.35. The topological polar surface area (TPSA) is 67.8 Å². The molecule has 4 nitrogen and oxygen atoms in total. The summed E-state index contributed by atoms with van der Waals surface area (Å²) in [6, 6.07) is 8.30. The molecule has 1 aliphatic carbocycles. The van der Waals surface area contributed by atoms with Crippen LogP contribution in [0.1, 0.15) is 50.5 Å². The minimum Gasteiger partial charge on any atom is -0.494 e. The second-order valence-corrected chi connectivity index (χ2v) is 6.87. The highest BCUT2D eigenvalue weighted by atomic mass is 16.5. The predicted molar refractivity (Wildman–Crippen MR) is 104 cm³/mol. The maximum absolute atomic E-state index is 9.40. The molecule has 3 N–H and O–H groups in total. The maximum Gasteiger partial charge on any atom is 0.119 e. The van der Waals surface area contributed by atoms with Gasteiger partial charge in [-0.2, -0.15) is 0 Å². The summed E-state index contributed by atoms with van der Waals surface area (Å²) in [6.07, 6.45) is 10.5. The van der Waals surface area contributed by atoms with Crippen LogP contribution in [0.15, 0.2) is 53.2 Å². The smallest absolute Gasteiger partial charge is 0.119 e. The number of aliphatic imine (C=N–C) groups is 1. The molecule has 4 heteroatoms. The molecule has 1 fully saturated rings. The second-order valence-electron chi connectivity index (χ2n) is 6.87. The monoisotopic (exact) mass is 342 g/mol. The normalized spacial score (nSPS) is 24.0. The zero-order valence-corrected chi connectivity index (χ0v) is 15.2. The van der Waals surface area contributed by atoms with E-state index in [4.69, 9.17) is 10.5 Å². The number of ether oxygens (including phenoxy) is 1. The number of nitrogens with two attached hydrogens (primary N) is 1. The third-order valence-corrected chi connectivity index (χ3v) is 4.83. The lowest BCUT2D eigenvalue weighted by Crippen LogP contribution is -2.40. The number of hydrogen-bond acceptors (Lipinski definition) is 4. The van der Waals surface area contributed by atoms with E-state index in [1.807, 2.05) is 25.1 Å². The molecule has 0 amide bonds. The Bertz CT molecular complexity index is 607. The fourth-order valence-corrected chi connectivity index (χ4v) is 3.41. The van der Waals surface area contributed by atoms with Crippen molar-refractivity contribution in [2.24, 2.45) is 10.7 Å². The van der Waals surface area contributed by atoms with Crippen LogP contribution in [0.3, 0.4) is 0 Å². The van der Waals surface area contributed by atoms with Gasteiger partial charge in [-0.25, -0.2) is 0 Å². The molecule has 136 valence electrons. The van der Waals surface area contributed by atoms with E-state index < -0.39 is 5.54 Å². The molecule has 25 heavy (non-hydrogen) atoms. The third kappa shape index (κ3) is 5.83. The van der Waals surface area contributed by atoms with E-state index in [2.05, 4.69) is 29.9 Å². The molecule has 1 aromatic carbocycles. The van der Waals surface area contributed by atoms with Crippen molar-refractivity contribution in [3.63, 3.8) is 0 Å². The minimum atomic E-state index is -0.404. The quantitative estimate of drug-likeness (QED) is 0.405. The molecule has 0 heterocycles. The molecule has 0 radical (unpaired) electrons. The van der Waals surface area contributed by atoms with Gasteiger partial charge in [0.2, 0.25) is 0 Å². The first-order chi connectivity index (χ1) is 12.1. The van der Waals surface area contributed by atoms with Gasteiger partial charge in [-0.1, -0.05) is 24.3 Å². The number of aliphatic hydroxyl groups excluding tert-OH is 1. The van der Waals surface area contributed by atoms with Gasteiger partial charge in [0.15, 0.2) is 0 Å². The summed E-state index contributed by atoms with van der Waals surface area (Å²) in [6.45, 7) is 6.23. The van der Waals surface area contributed by atoms with Crippen molar-refractivity contribution in [1.82, 2.24) is 0 Å². The highest BCUT2D eigenvalue weighted by molar-refractivity contribution is 5.31. The average Bonchev–Trinajstić information content (AvgIpc) is 3.02. The fourth-order valence-electron chi connectivity index (χ4n) is 3.41. The summed E-state index contributed by atoms with van der Waals surface area (Å²) in [5.74, 6) is 1.33. The third-order valence-electron chi connectivity index (χ3n) is 4.83. The van der Waals surface area contributed by atoms with E-state index in [0.717, 1.165) is 43.4 Å². The predicted octanol–water partition coefficient (Wildman–Crippen LogP) is 3.96. The van der Waals surface area contributed by atoms with Gasteiger partial charge in [-0.05, 0) is 74.9 Å². The Morgan fingerprint density at radius 1 is 1.44 bits per heavy atom. The number of benzene rings is 1.